The van der Waals surface area contributed by atoms with Gasteiger partial charge >= 0.3 is 0 Å². The first-order valence-electron chi connectivity index (χ1n) is 4.47. The monoisotopic (exact) mass is 258 g/mol. The number of rotatable bonds is 3. The van der Waals surface area contributed by atoms with Gasteiger partial charge in [0.1, 0.15) is 11.6 Å². The number of hydrogen-bond donors (Lipinski definition) is 0. The number of ether oxygens (including phenoxy) is 1. The highest BCUT2D eigenvalue weighted by Crippen LogP contribution is 2.30. The van der Waals surface area contributed by atoms with Crippen molar-refractivity contribution in [3.8, 4) is 17.1 Å². The van der Waals surface area contributed by atoms with Crippen LogP contribution in [0.25, 0.3) is 11.4 Å². The lowest BCUT2D eigenvalue weighted by Gasteiger charge is -2.04. The van der Waals surface area contributed by atoms with Crippen molar-refractivity contribution in [2.75, 3.05) is 7.11 Å². The van der Waals surface area contributed by atoms with Gasteiger partial charge < -0.3 is 9.26 Å². The molecule has 6 heteroatoms. The highest BCUT2D eigenvalue weighted by molar-refractivity contribution is 6.30. The Morgan fingerprint density at radius 1 is 1.44 bits per heavy atom. The Labute approximate surface area is 102 Å². The van der Waals surface area contributed by atoms with Crippen molar-refractivity contribution >= 4 is 23.2 Å². The maximum Gasteiger partial charge on any atom is 0.241 e. The van der Waals surface area contributed by atoms with Gasteiger partial charge in [-0.15, -0.1) is 11.6 Å². The van der Waals surface area contributed by atoms with Gasteiger partial charge in [0.15, 0.2) is 0 Å². The molecule has 0 atom stereocenters. The molecule has 84 valence electrons. The summed E-state index contributed by atoms with van der Waals surface area (Å²) in [6.07, 6.45) is 0. The molecule has 2 rings (SSSR count). The summed E-state index contributed by atoms with van der Waals surface area (Å²) in [4.78, 5) is 4.10. The predicted octanol–water partition coefficient (Wildman–Crippen LogP) is 3.14. The minimum atomic E-state index is 0.176. The fourth-order valence-electron chi connectivity index (χ4n) is 1.27. The second-order valence-electron chi connectivity index (χ2n) is 2.99. The van der Waals surface area contributed by atoms with Crippen LogP contribution in [0.15, 0.2) is 22.7 Å². The van der Waals surface area contributed by atoms with E-state index in [0.717, 1.165) is 0 Å². The van der Waals surface area contributed by atoms with E-state index in [4.69, 9.17) is 32.5 Å². The topological polar surface area (TPSA) is 48.2 Å². The third kappa shape index (κ3) is 2.13. The molecule has 0 amide bonds. The number of nitrogens with zero attached hydrogens (tertiary/aromatic N) is 2. The molecule has 0 radical (unpaired) electrons. The SMILES string of the molecule is COc1ccc(Cl)cc1-c1noc(CCl)n1. The molecule has 0 aliphatic carbocycles. The zero-order valence-corrected chi connectivity index (χ0v) is 9.92. The molecule has 0 N–H and O–H groups in total. The van der Waals surface area contributed by atoms with Crippen LogP contribution in [-0.4, -0.2) is 17.3 Å². The minimum absolute atomic E-state index is 0.176. The van der Waals surface area contributed by atoms with E-state index in [1.807, 2.05) is 0 Å². The van der Waals surface area contributed by atoms with Gasteiger partial charge in [0.05, 0.1) is 12.7 Å². The molecule has 4 nitrogen and oxygen atoms in total. The van der Waals surface area contributed by atoms with Crippen molar-refractivity contribution in [2.45, 2.75) is 5.88 Å². The maximum atomic E-state index is 5.90. The van der Waals surface area contributed by atoms with Gasteiger partial charge in [-0.2, -0.15) is 4.98 Å². The quantitative estimate of drug-likeness (QED) is 0.794. The fraction of sp³-hybridized carbons (Fsp3) is 0.200. The Kier molecular flexibility index (Phi) is 3.31. The molecule has 1 aromatic carbocycles. The molecule has 0 saturated carbocycles. The molecule has 16 heavy (non-hydrogen) atoms. The van der Waals surface area contributed by atoms with Gasteiger partial charge in [-0.1, -0.05) is 16.8 Å². The van der Waals surface area contributed by atoms with Crippen LogP contribution in [0.2, 0.25) is 5.02 Å². The molecule has 0 aliphatic rings. The van der Waals surface area contributed by atoms with Crippen molar-refractivity contribution in [3.63, 3.8) is 0 Å². The second kappa shape index (κ2) is 4.72. The van der Waals surface area contributed by atoms with E-state index in [-0.39, 0.29) is 5.88 Å². The standard InChI is InChI=1S/C10H8Cl2N2O2/c1-15-8-3-2-6(12)4-7(8)10-13-9(5-11)16-14-10/h2-4H,5H2,1H3. The molecule has 0 bridgehead atoms. The third-order valence-corrected chi connectivity index (χ3v) is 2.45. The zero-order valence-electron chi connectivity index (χ0n) is 8.41. The van der Waals surface area contributed by atoms with Crippen LogP contribution in [0.3, 0.4) is 0 Å². The van der Waals surface area contributed by atoms with E-state index in [1.165, 1.54) is 0 Å². The van der Waals surface area contributed by atoms with E-state index in [9.17, 15) is 0 Å². The van der Waals surface area contributed by atoms with Crippen molar-refractivity contribution in [1.82, 2.24) is 10.1 Å². The van der Waals surface area contributed by atoms with E-state index in [0.29, 0.717) is 28.1 Å². The molecular weight excluding hydrogens is 251 g/mol. The molecule has 0 spiro atoms. The van der Waals surface area contributed by atoms with Crippen LogP contribution in [0.5, 0.6) is 5.75 Å². The van der Waals surface area contributed by atoms with Crippen molar-refractivity contribution in [1.29, 1.82) is 0 Å². The number of benzene rings is 1. The summed E-state index contributed by atoms with van der Waals surface area (Å²) in [5, 5.41) is 4.37. The summed E-state index contributed by atoms with van der Waals surface area (Å²) in [6.45, 7) is 0. The normalized spacial score (nSPS) is 10.4. The van der Waals surface area contributed by atoms with Crippen LogP contribution in [0.4, 0.5) is 0 Å². The number of aromatic nitrogens is 2. The summed E-state index contributed by atoms with van der Waals surface area (Å²) in [5.74, 6) is 1.58. The molecule has 0 fully saturated rings. The molecule has 0 unspecified atom stereocenters. The molecular formula is C10H8Cl2N2O2. The van der Waals surface area contributed by atoms with Crippen molar-refractivity contribution < 1.29 is 9.26 Å². The van der Waals surface area contributed by atoms with Crippen LogP contribution >= 0.6 is 23.2 Å². The Morgan fingerprint density at radius 2 is 2.25 bits per heavy atom. The summed E-state index contributed by atoms with van der Waals surface area (Å²) >= 11 is 11.5. The second-order valence-corrected chi connectivity index (χ2v) is 3.69. The number of hydrogen-bond acceptors (Lipinski definition) is 4. The average Bonchev–Trinajstić information content (AvgIpc) is 2.77. The van der Waals surface area contributed by atoms with E-state index >= 15 is 0 Å². The first-order valence-corrected chi connectivity index (χ1v) is 5.38. The van der Waals surface area contributed by atoms with Crippen molar-refractivity contribution in [2.24, 2.45) is 0 Å². The van der Waals surface area contributed by atoms with E-state index in [1.54, 1.807) is 25.3 Å². The van der Waals surface area contributed by atoms with Gasteiger partial charge in [0, 0.05) is 5.02 Å². The van der Waals surface area contributed by atoms with Gasteiger partial charge in [-0.05, 0) is 18.2 Å². The van der Waals surface area contributed by atoms with Gasteiger partial charge in [0.2, 0.25) is 11.7 Å². The number of alkyl halides is 1. The first kappa shape index (κ1) is 11.2. The summed E-state index contributed by atoms with van der Waals surface area (Å²) < 4.78 is 10.1. The molecule has 1 heterocycles. The predicted molar refractivity (Wildman–Crippen MR) is 60.9 cm³/mol. The van der Waals surface area contributed by atoms with Gasteiger partial charge in [0.25, 0.3) is 0 Å². The highest BCUT2D eigenvalue weighted by Gasteiger charge is 2.13. The maximum absolute atomic E-state index is 5.90. The summed E-state index contributed by atoms with van der Waals surface area (Å²) in [7, 11) is 1.56. The minimum Gasteiger partial charge on any atom is -0.496 e. The molecule has 0 aliphatic heterocycles. The smallest absolute Gasteiger partial charge is 0.241 e. The molecule has 1 aromatic heterocycles. The fourth-order valence-corrected chi connectivity index (χ4v) is 1.55. The van der Waals surface area contributed by atoms with E-state index in [2.05, 4.69) is 10.1 Å². The molecule has 0 saturated heterocycles. The lowest BCUT2D eigenvalue weighted by Crippen LogP contribution is -1.89. The average molecular weight is 259 g/mol. The first-order chi connectivity index (χ1) is 7.74. The molecule has 2 aromatic rings. The Bertz CT molecular complexity index is 499. The Morgan fingerprint density at radius 3 is 2.88 bits per heavy atom. The van der Waals surface area contributed by atoms with Crippen molar-refractivity contribution in [3.05, 3.63) is 29.1 Å². The van der Waals surface area contributed by atoms with Gasteiger partial charge in [-0.3, -0.25) is 0 Å². The van der Waals surface area contributed by atoms with E-state index < -0.39 is 0 Å². The van der Waals surface area contributed by atoms with Crippen LogP contribution < -0.4 is 4.74 Å². The summed E-state index contributed by atoms with van der Waals surface area (Å²) in [6, 6.07) is 5.18. The largest absolute Gasteiger partial charge is 0.496 e. The lowest BCUT2D eigenvalue weighted by atomic mass is 10.2. The Hall–Kier alpha value is -1.26. The van der Waals surface area contributed by atoms with Gasteiger partial charge in [-0.25, -0.2) is 0 Å². The summed E-state index contributed by atoms with van der Waals surface area (Å²) in [5.41, 5.74) is 0.676. The van der Waals surface area contributed by atoms with Crippen LogP contribution in [-0.2, 0) is 5.88 Å². The zero-order chi connectivity index (χ0) is 11.5. The number of halogens is 2. The third-order valence-electron chi connectivity index (χ3n) is 1.98. The number of methoxy groups -OCH3 is 1. The van der Waals surface area contributed by atoms with Crippen LogP contribution in [0.1, 0.15) is 5.89 Å². The van der Waals surface area contributed by atoms with Crippen LogP contribution in [0, 0.1) is 0 Å². The lowest BCUT2D eigenvalue weighted by molar-refractivity contribution is 0.389. The highest BCUT2D eigenvalue weighted by atomic mass is 35.5. The Balaban J connectivity index is 2.49.